The lowest BCUT2D eigenvalue weighted by atomic mass is 9.74. The van der Waals surface area contributed by atoms with Gasteiger partial charge in [-0.1, -0.05) is 19.3 Å². The van der Waals surface area contributed by atoms with Gasteiger partial charge in [0, 0.05) is 0 Å². The molecule has 1 saturated carbocycles. The predicted molar refractivity (Wildman–Crippen MR) is 93.0 cm³/mol. The summed E-state index contributed by atoms with van der Waals surface area (Å²) in [5, 5.41) is 18.7. The average molecular weight is 356 g/mol. The van der Waals surface area contributed by atoms with Crippen molar-refractivity contribution in [2.75, 3.05) is 0 Å². The Kier molecular flexibility index (Phi) is 5.11. The van der Waals surface area contributed by atoms with Gasteiger partial charge in [-0.05, 0) is 61.4 Å². The fourth-order valence-electron chi connectivity index (χ4n) is 3.08. The van der Waals surface area contributed by atoms with Crippen LogP contribution in [0.5, 0.6) is 23.0 Å². The van der Waals surface area contributed by atoms with E-state index in [0.717, 1.165) is 19.3 Å². The number of benzene rings is 2. The molecule has 0 aromatic heterocycles. The topological polar surface area (TPSA) is 93.1 Å². The minimum absolute atomic E-state index is 0.0592. The Morgan fingerprint density at radius 1 is 0.692 bits per heavy atom. The van der Waals surface area contributed by atoms with E-state index < -0.39 is 17.4 Å². The van der Waals surface area contributed by atoms with E-state index in [2.05, 4.69) is 0 Å². The molecule has 0 unspecified atom stereocenters. The van der Waals surface area contributed by atoms with Crippen LogP contribution in [0.3, 0.4) is 0 Å². The third-order valence-corrected chi connectivity index (χ3v) is 4.58. The molecule has 0 spiro atoms. The van der Waals surface area contributed by atoms with E-state index in [1.807, 2.05) is 0 Å². The SMILES string of the molecule is O=C(Oc1ccc(O)cc1)C1(C(=O)Oc2ccc(O)cc2)CCCCC1. The first-order valence-corrected chi connectivity index (χ1v) is 8.52. The van der Waals surface area contributed by atoms with Crippen molar-refractivity contribution in [3.8, 4) is 23.0 Å². The van der Waals surface area contributed by atoms with E-state index in [1.54, 1.807) is 0 Å². The molecule has 2 aromatic rings. The first-order valence-electron chi connectivity index (χ1n) is 8.52. The average Bonchev–Trinajstić information content (AvgIpc) is 2.66. The summed E-state index contributed by atoms with van der Waals surface area (Å²) in [6.45, 7) is 0. The Bertz CT molecular complexity index is 711. The van der Waals surface area contributed by atoms with E-state index in [4.69, 9.17) is 9.47 Å². The minimum atomic E-state index is -1.35. The van der Waals surface area contributed by atoms with Gasteiger partial charge in [0.15, 0.2) is 5.41 Å². The highest BCUT2D eigenvalue weighted by molar-refractivity contribution is 6.01. The van der Waals surface area contributed by atoms with Crippen LogP contribution in [-0.4, -0.2) is 22.2 Å². The number of carbonyl (C=O) groups is 2. The number of aromatic hydroxyl groups is 2. The first kappa shape index (κ1) is 17.8. The summed E-state index contributed by atoms with van der Waals surface area (Å²) in [5.74, 6) is -0.656. The van der Waals surface area contributed by atoms with Crippen LogP contribution in [0.25, 0.3) is 0 Å². The molecule has 0 heterocycles. The molecule has 0 amide bonds. The predicted octanol–water partition coefficient (Wildman–Crippen LogP) is 3.56. The van der Waals surface area contributed by atoms with E-state index in [1.165, 1.54) is 48.5 Å². The lowest BCUT2D eigenvalue weighted by Crippen LogP contribution is -2.46. The van der Waals surface area contributed by atoms with Gasteiger partial charge < -0.3 is 19.7 Å². The third-order valence-electron chi connectivity index (χ3n) is 4.58. The van der Waals surface area contributed by atoms with Crippen molar-refractivity contribution in [3.05, 3.63) is 48.5 Å². The molecule has 0 radical (unpaired) electrons. The summed E-state index contributed by atoms with van der Waals surface area (Å²) in [6, 6.07) is 11.5. The Balaban J connectivity index is 1.80. The van der Waals surface area contributed by atoms with Gasteiger partial charge in [0.25, 0.3) is 0 Å². The van der Waals surface area contributed by atoms with Crippen LogP contribution in [0.4, 0.5) is 0 Å². The molecule has 2 aromatic carbocycles. The van der Waals surface area contributed by atoms with Gasteiger partial charge in [-0.25, -0.2) is 0 Å². The molecule has 0 bridgehead atoms. The second kappa shape index (κ2) is 7.47. The lowest BCUT2D eigenvalue weighted by Gasteiger charge is -2.32. The smallest absolute Gasteiger partial charge is 0.328 e. The normalized spacial score (nSPS) is 15.8. The summed E-state index contributed by atoms with van der Waals surface area (Å²) < 4.78 is 10.8. The van der Waals surface area contributed by atoms with Crippen molar-refractivity contribution in [2.45, 2.75) is 32.1 Å². The summed E-state index contributed by atoms with van der Waals surface area (Å²) in [7, 11) is 0. The quantitative estimate of drug-likeness (QED) is 0.494. The highest BCUT2D eigenvalue weighted by Gasteiger charge is 2.50. The van der Waals surface area contributed by atoms with Crippen LogP contribution in [0.1, 0.15) is 32.1 Å². The number of esters is 2. The molecule has 0 saturated heterocycles. The molecule has 1 fully saturated rings. The number of phenolic OH excluding ortho intramolecular Hbond substituents is 2. The molecule has 6 nitrogen and oxygen atoms in total. The van der Waals surface area contributed by atoms with Crippen LogP contribution >= 0.6 is 0 Å². The standard InChI is InChI=1S/C20H20O6/c21-14-4-8-16(9-5-14)25-18(23)20(12-2-1-3-13-20)19(24)26-17-10-6-15(22)7-11-17/h4-11,21-22H,1-3,12-13H2. The molecule has 3 rings (SSSR count). The first-order chi connectivity index (χ1) is 12.5. The zero-order valence-electron chi connectivity index (χ0n) is 14.2. The van der Waals surface area contributed by atoms with Crippen molar-refractivity contribution >= 4 is 11.9 Å². The molecular weight excluding hydrogens is 336 g/mol. The van der Waals surface area contributed by atoms with Gasteiger partial charge in [-0.3, -0.25) is 9.59 Å². The maximum atomic E-state index is 12.8. The lowest BCUT2D eigenvalue weighted by molar-refractivity contribution is -0.163. The molecule has 1 aliphatic rings. The largest absolute Gasteiger partial charge is 0.508 e. The minimum Gasteiger partial charge on any atom is -0.508 e. The van der Waals surface area contributed by atoms with E-state index in [-0.39, 0.29) is 23.0 Å². The van der Waals surface area contributed by atoms with Crippen LogP contribution in [0.15, 0.2) is 48.5 Å². The molecule has 0 aliphatic heterocycles. The number of hydrogen-bond acceptors (Lipinski definition) is 6. The van der Waals surface area contributed by atoms with Crippen LogP contribution in [-0.2, 0) is 9.59 Å². The highest BCUT2D eigenvalue weighted by Crippen LogP contribution is 2.39. The van der Waals surface area contributed by atoms with Gasteiger partial charge in [0.05, 0.1) is 0 Å². The molecular formula is C20H20O6. The van der Waals surface area contributed by atoms with Gasteiger partial charge in [-0.15, -0.1) is 0 Å². The van der Waals surface area contributed by atoms with E-state index >= 15 is 0 Å². The van der Waals surface area contributed by atoms with Crippen LogP contribution < -0.4 is 9.47 Å². The Morgan fingerprint density at radius 3 is 1.46 bits per heavy atom. The number of rotatable bonds is 4. The summed E-state index contributed by atoms with van der Waals surface area (Å²) in [4.78, 5) is 25.7. The maximum absolute atomic E-state index is 12.8. The monoisotopic (exact) mass is 356 g/mol. The van der Waals surface area contributed by atoms with Gasteiger partial charge in [-0.2, -0.15) is 0 Å². The highest BCUT2D eigenvalue weighted by atomic mass is 16.6. The summed E-state index contributed by atoms with van der Waals surface area (Å²) >= 11 is 0. The van der Waals surface area contributed by atoms with Crippen molar-refractivity contribution in [1.29, 1.82) is 0 Å². The van der Waals surface area contributed by atoms with Gasteiger partial charge in [0.2, 0.25) is 0 Å². The molecule has 2 N–H and O–H groups in total. The third kappa shape index (κ3) is 3.79. The molecule has 136 valence electrons. The van der Waals surface area contributed by atoms with Crippen molar-refractivity contribution in [1.82, 2.24) is 0 Å². The molecule has 0 atom stereocenters. The van der Waals surface area contributed by atoms with Gasteiger partial charge >= 0.3 is 11.9 Å². The second-order valence-electron chi connectivity index (χ2n) is 6.41. The van der Waals surface area contributed by atoms with Crippen LogP contribution in [0.2, 0.25) is 0 Å². The maximum Gasteiger partial charge on any atom is 0.328 e. The van der Waals surface area contributed by atoms with Crippen molar-refractivity contribution < 1.29 is 29.3 Å². The number of phenols is 2. The second-order valence-corrected chi connectivity index (χ2v) is 6.41. The number of hydrogen-bond donors (Lipinski definition) is 2. The summed E-state index contributed by atoms with van der Waals surface area (Å²) in [6.07, 6.45) is 3.13. The molecule has 6 heteroatoms. The Morgan fingerprint density at radius 2 is 1.08 bits per heavy atom. The number of ether oxygens (including phenoxy) is 2. The molecule has 1 aliphatic carbocycles. The van der Waals surface area contributed by atoms with Crippen LogP contribution in [0, 0.1) is 5.41 Å². The Labute approximate surface area is 151 Å². The van der Waals surface area contributed by atoms with E-state index in [9.17, 15) is 19.8 Å². The van der Waals surface area contributed by atoms with Gasteiger partial charge in [0.1, 0.15) is 23.0 Å². The number of carbonyl (C=O) groups excluding carboxylic acids is 2. The summed E-state index contributed by atoms with van der Waals surface area (Å²) in [5.41, 5.74) is -1.35. The molecule has 26 heavy (non-hydrogen) atoms. The zero-order chi connectivity index (χ0) is 18.6. The van der Waals surface area contributed by atoms with E-state index in [0.29, 0.717) is 12.8 Å². The van der Waals surface area contributed by atoms with Crippen molar-refractivity contribution in [3.63, 3.8) is 0 Å². The van der Waals surface area contributed by atoms with Crippen molar-refractivity contribution in [2.24, 2.45) is 5.41 Å². The Hall–Kier alpha value is -3.02. The zero-order valence-corrected chi connectivity index (χ0v) is 14.2. The fraction of sp³-hybridized carbons (Fsp3) is 0.300. The fourth-order valence-corrected chi connectivity index (χ4v) is 3.08.